The molecule has 0 radical (unpaired) electrons. The van der Waals surface area contributed by atoms with E-state index in [4.69, 9.17) is 10.5 Å². The van der Waals surface area contributed by atoms with Gasteiger partial charge in [0.25, 0.3) is 0 Å². The number of rotatable bonds is 4. The Bertz CT molecular complexity index is 407. The largest absolute Gasteiger partial charge is 0.481 e. The van der Waals surface area contributed by atoms with Crippen molar-refractivity contribution in [2.45, 2.75) is 26.1 Å². The van der Waals surface area contributed by atoms with Gasteiger partial charge in [-0.2, -0.15) is 18.2 Å². The van der Waals surface area contributed by atoms with Gasteiger partial charge in [-0.25, -0.2) is 0 Å². The fourth-order valence-corrected chi connectivity index (χ4v) is 1.48. The summed E-state index contributed by atoms with van der Waals surface area (Å²) in [6.45, 7) is 2.19. The summed E-state index contributed by atoms with van der Waals surface area (Å²) in [5, 5.41) is 0. The number of anilines is 2. The molecule has 0 amide bonds. The van der Waals surface area contributed by atoms with E-state index in [2.05, 4.69) is 4.98 Å². The quantitative estimate of drug-likeness (QED) is 0.906. The average molecular weight is 263 g/mol. The molecule has 1 aromatic rings. The smallest absolute Gasteiger partial charge is 0.405 e. The molecule has 0 bridgehead atoms. The number of nitrogens with two attached hydrogens (primary N) is 1. The number of nitrogens with zero attached hydrogens (tertiary/aromatic N) is 2. The van der Waals surface area contributed by atoms with Gasteiger partial charge in [-0.15, -0.1) is 0 Å². The third kappa shape index (κ3) is 3.68. The summed E-state index contributed by atoms with van der Waals surface area (Å²) in [6.07, 6.45) is -4.32. The Labute approximate surface area is 104 Å². The van der Waals surface area contributed by atoms with Crippen LogP contribution in [0.25, 0.3) is 0 Å². The van der Waals surface area contributed by atoms with Crippen molar-refractivity contribution in [1.82, 2.24) is 4.98 Å². The van der Waals surface area contributed by atoms with E-state index in [9.17, 15) is 13.2 Å². The molecule has 0 aliphatic heterocycles. The van der Waals surface area contributed by atoms with Crippen molar-refractivity contribution in [3.63, 3.8) is 0 Å². The van der Waals surface area contributed by atoms with E-state index in [0.717, 1.165) is 4.90 Å². The average Bonchev–Trinajstić information content (AvgIpc) is 2.25. The van der Waals surface area contributed by atoms with E-state index in [1.807, 2.05) is 0 Å². The van der Waals surface area contributed by atoms with Gasteiger partial charge in [0.15, 0.2) is 5.82 Å². The summed E-state index contributed by atoms with van der Waals surface area (Å²) in [5.41, 5.74) is 5.86. The van der Waals surface area contributed by atoms with Crippen LogP contribution < -0.4 is 15.4 Å². The van der Waals surface area contributed by atoms with Crippen LogP contribution in [0.5, 0.6) is 5.88 Å². The fraction of sp³-hybridized carbons (Fsp3) is 0.545. The van der Waals surface area contributed by atoms with Gasteiger partial charge in [-0.1, -0.05) is 0 Å². The molecule has 0 saturated carbocycles. The Balaban J connectivity index is 3.12. The van der Waals surface area contributed by atoms with Crippen LogP contribution in [-0.4, -0.2) is 30.9 Å². The van der Waals surface area contributed by atoms with Crippen molar-refractivity contribution in [3.05, 3.63) is 12.1 Å². The molecule has 0 aliphatic rings. The Morgan fingerprint density at radius 2 is 2.00 bits per heavy atom. The van der Waals surface area contributed by atoms with E-state index in [0.29, 0.717) is 0 Å². The van der Waals surface area contributed by atoms with Crippen LogP contribution in [-0.2, 0) is 0 Å². The fourth-order valence-electron chi connectivity index (χ4n) is 1.48. The second-order valence-corrected chi connectivity index (χ2v) is 4.10. The van der Waals surface area contributed by atoms with Gasteiger partial charge in [0.05, 0.1) is 12.8 Å². The van der Waals surface area contributed by atoms with Gasteiger partial charge in [0, 0.05) is 12.1 Å². The number of alkyl halides is 3. The number of pyridine rings is 1. The maximum atomic E-state index is 12.5. The highest BCUT2D eigenvalue weighted by Gasteiger charge is 2.33. The van der Waals surface area contributed by atoms with E-state index in [1.54, 1.807) is 13.8 Å². The minimum atomic E-state index is -4.32. The third-order valence-electron chi connectivity index (χ3n) is 2.33. The van der Waals surface area contributed by atoms with Crippen LogP contribution >= 0.6 is 0 Å². The molecule has 0 fully saturated rings. The van der Waals surface area contributed by atoms with Crippen molar-refractivity contribution < 1.29 is 17.9 Å². The number of ether oxygens (including phenoxy) is 1. The van der Waals surface area contributed by atoms with Gasteiger partial charge in [0.2, 0.25) is 5.88 Å². The number of hydrogen-bond acceptors (Lipinski definition) is 4. The molecule has 18 heavy (non-hydrogen) atoms. The monoisotopic (exact) mass is 263 g/mol. The Kier molecular flexibility index (Phi) is 4.26. The molecule has 1 rings (SSSR count). The molecule has 7 heteroatoms. The van der Waals surface area contributed by atoms with Crippen LogP contribution in [0.1, 0.15) is 13.8 Å². The number of hydrogen-bond donors (Lipinski definition) is 1. The van der Waals surface area contributed by atoms with Gasteiger partial charge in [0.1, 0.15) is 6.54 Å². The van der Waals surface area contributed by atoms with Gasteiger partial charge < -0.3 is 15.4 Å². The van der Waals surface area contributed by atoms with Crippen LogP contribution in [0.2, 0.25) is 0 Å². The van der Waals surface area contributed by atoms with Gasteiger partial charge in [-0.3, -0.25) is 0 Å². The SMILES string of the molecule is COc1ccc(N)c(N(CC(F)(F)F)C(C)C)n1. The second-order valence-electron chi connectivity index (χ2n) is 4.10. The molecular formula is C11H16F3N3O. The zero-order valence-corrected chi connectivity index (χ0v) is 10.5. The van der Waals surface area contributed by atoms with Gasteiger partial charge >= 0.3 is 6.18 Å². The van der Waals surface area contributed by atoms with Crippen LogP contribution in [0.4, 0.5) is 24.7 Å². The first kappa shape index (κ1) is 14.4. The van der Waals surface area contributed by atoms with Crippen molar-refractivity contribution in [1.29, 1.82) is 0 Å². The third-order valence-corrected chi connectivity index (χ3v) is 2.33. The molecule has 0 aromatic carbocycles. The zero-order chi connectivity index (χ0) is 13.9. The summed E-state index contributed by atoms with van der Waals surface area (Å²) < 4.78 is 42.5. The lowest BCUT2D eigenvalue weighted by atomic mass is 10.2. The predicted molar refractivity (Wildman–Crippen MR) is 63.7 cm³/mol. The molecule has 0 aliphatic carbocycles. The number of halogens is 3. The highest BCUT2D eigenvalue weighted by molar-refractivity contribution is 5.64. The van der Waals surface area contributed by atoms with E-state index in [1.165, 1.54) is 19.2 Å². The van der Waals surface area contributed by atoms with E-state index in [-0.39, 0.29) is 23.4 Å². The highest BCUT2D eigenvalue weighted by atomic mass is 19.4. The van der Waals surface area contributed by atoms with Crippen LogP contribution in [0.3, 0.4) is 0 Å². The summed E-state index contributed by atoms with van der Waals surface area (Å²) in [6, 6.07) is 2.60. The molecule has 1 heterocycles. The Hall–Kier alpha value is -1.66. The van der Waals surface area contributed by atoms with E-state index >= 15 is 0 Å². The lowest BCUT2D eigenvalue weighted by Crippen LogP contribution is -2.40. The Morgan fingerprint density at radius 1 is 1.39 bits per heavy atom. The maximum Gasteiger partial charge on any atom is 0.405 e. The number of aromatic nitrogens is 1. The summed E-state index contributed by atoms with van der Waals surface area (Å²) in [7, 11) is 1.39. The molecular weight excluding hydrogens is 247 g/mol. The van der Waals surface area contributed by atoms with Crippen LogP contribution in [0, 0.1) is 0 Å². The molecule has 102 valence electrons. The first-order valence-corrected chi connectivity index (χ1v) is 5.38. The molecule has 0 atom stereocenters. The summed E-state index contributed by atoms with van der Waals surface area (Å²) >= 11 is 0. The molecule has 0 saturated heterocycles. The molecule has 0 unspecified atom stereocenters. The standard InChI is InChI=1S/C11H16F3N3O/c1-7(2)17(6-11(12,13)14)10-8(15)4-5-9(16-10)18-3/h4-5,7H,6,15H2,1-3H3. The number of methoxy groups -OCH3 is 1. The summed E-state index contributed by atoms with van der Waals surface area (Å²) in [5.74, 6) is 0.314. The normalized spacial score (nSPS) is 11.7. The summed E-state index contributed by atoms with van der Waals surface area (Å²) in [4.78, 5) is 5.07. The molecule has 1 aromatic heterocycles. The molecule has 0 spiro atoms. The first-order valence-electron chi connectivity index (χ1n) is 5.38. The molecule has 4 nitrogen and oxygen atoms in total. The minimum absolute atomic E-state index is 0.0849. The first-order chi connectivity index (χ1) is 8.24. The highest BCUT2D eigenvalue weighted by Crippen LogP contribution is 2.28. The lowest BCUT2D eigenvalue weighted by Gasteiger charge is -2.29. The number of nitrogen functional groups attached to an aromatic ring is 1. The lowest BCUT2D eigenvalue weighted by molar-refractivity contribution is -0.120. The topological polar surface area (TPSA) is 51.4 Å². The second kappa shape index (κ2) is 5.32. The Morgan fingerprint density at radius 3 is 2.44 bits per heavy atom. The molecule has 2 N–H and O–H groups in total. The van der Waals surface area contributed by atoms with Crippen molar-refractivity contribution in [3.8, 4) is 5.88 Å². The van der Waals surface area contributed by atoms with Gasteiger partial charge in [-0.05, 0) is 19.9 Å². The maximum absolute atomic E-state index is 12.5. The van der Waals surface area contributed by atoms with Crippen LogP contribution in [0.15, 0.2) is 12.1 Å². The minimum Gasteiger partial charge on any atom is -0.481 e. The van der Waals surface area contributed by atoms with Crippen molar-refractivity contribution in [2.75, 3.05) is 24.3 Å². The van der Waals surface area contributed by atoms with Crippen molar-refractivity contribution >= 4 is 11.5 Å². The zero-order valence-electron chi connectivity index (χ0n) is 10.5. The van der Waals surface area contributed by atoms with Crippen molar-refractivity contribution in [2.24, 2.45) is 0 Å². The predicted octanol–water partition coefficient (Wildman–Crippen LogP) is 2.45. The van der Waals surface area contributed by atoms with E-state index < -0.39 is 12.7 Å².